The van der Waals surface area contributed by atoms with Gasteiger partial charge in [0.05, 0.1) is 30.2 Å². The number of Topliss-reactive ketones (excluding diaryl/α,β-unsaturated/α-hetero) is 1. The van der Waals surface area contributed by atoms with Crippen molar-refractivity contribution in [2.24, 2.45) is 0 Å². The van der Waals surface area contributed by atoms with E-state index in [9.17, 15) is 14.4 Å². The van der Waals surface area contributed by atoms with Gasteiger partial charge in [0.2, 0.25) is 0 Å². The van der Waals surface area contributed by atoms with E-state index >= 15 is 0 Å². The fourth-order valence-corrected chi connectivity index (χ4v) is 3.36. The number of rotatable bonds is 6. The molecule has 1 aliphatic heterocycles. The molecule has 1 aliphatic rings. The zero-order valence-electron chi connectivity index (χ0n) is 16.1. The summed E-state index contributed by atoms with van der Waals surface area (Å²) in [6.07, 6.45) is -0.489. The molecule has 1 amide bonds. The van der Waals surface area contributed by atoms with Crippen LogP contribution in [0.1, 0.15) is 35.4 Å². The normalized spacial score (nSPS) is 15.0. The molecule has 0 spiro atoms. The standard InChI is InChI=1S/C21H19Cl2NO6/c1-2-28-21(27)20(26)24-8-9-29-17-10-12(22)6-7-14(17)18-11-16(25)13-4-3-5-15(23)19(13)30-18/h3-7,10,18H,2,8-9,11H2,1H3,(H,24,26). The molecule has 30 heavy (non-hydrogen) atoms. The third kappa shape index (κ3) is 5.04. The summed E-state index contributed by atoms with van der Waals surface area (Å²) in [6.45, 7) is 1.86. The van der Waals surface area contributed by atoms with Gasteiger partial charge in [-0.05, 0) is 31.2 Å². The Kier molecular flexibility index (Phi) is 7.18. The number of hydrogen-bond acceptors (Lipinski definition) is 6. The number of amides is 1. The molecule has 9 heteroatoms. The van der Waals surface area contributed by atoms with Crippen LogP contribution in [0.3, 0.4) is 0 Å². The number of fused-ring (bicyclic) bond motifs is 1. The molecular formula is C21H19Cl2NO6. The van der Waals surface area contributed by atoms with Gasteiger partial charge in [0.25, 0.3) is 0 Å². The minimum Gasteiger partial charge on any atom is -0.491 e. The van der Waals surface area contributed by atoms with E-state index in [1.54, 1.807) is 43.3 Å². The van der Waals surface area contributed by atoms with Crippen LogP contribution in [0.5, 0.6) is 11.5 Å². The van der Waals surface area contributed by atoms with E-state index in [0.717, 1.165) is 0 Å². The Morgan fingerprint density at radius 3 is 2.80 bits per heavy atom. The van der Waals surface area contributed by atoms with Gasteiger partial charge >= 0.3 is 11.9 Å². The van der Waals surface area contributed by atoms with Crippen molar-refractivity contribution in [2.45, 2.75) is 19.4 Å². The van der Waals surface area contributed by atoms with E-state index in [0.29, 0.717) is 32.7 Å². The average Bonchev–Trinajstić information content (AvgIpc) is 2.72. The zero-order chi connectivity index (χ0) is 21.7. The number of esters is 1. The molecule has 158 valence electrons. The average molecular weight is 452 g/mol. The molecule has 1 unspecified atom stereocenters. The first-order valence-electron chi connectivity index (χ1n) is 9.26. The number of ether oxygens (including phenoxy) is 3. The Hall–Kier alpha value is -2.77. The first-order valence-corrected chi connectivity index (χ1v) is 10.0. The van der Waals surface area contributed by atoms with Crippen LogP contribution in [0.4, 0.5) is 0 Å². The van der Waals surface area contributed by atoms with Gasteiger partial charge in [0, 0.05) is 10.6 Å². The van der Waals surface area contributed by atoms with Gasteiger partial charge in [-0.25, -0.2) is 4.79 Å². The summed E-state index contributed by atoms with van der Waals surface area (Å²) in [5.74, 6) is -1.15. The summed E-state index contributed by atoms with van der Waals surface area (Å²) in [5.41, 5.74) is 1.06. The molecule has 0 aliphatic carbocycles. The predicted octanol–water partition coefficient (Wildman–Crippen LogP) is 3.76. The minimum absolute atomic E-state index is 0.0660. The summed E-state index contributed by atoms with van der Waals surface area (Å²) >= 11 is 12.3. The first-order chi connectivity index (χ1) is 14.4. The second kappa shape index (κ2) is 9.82. The topological polar surface area (TPSA) is 90.9 Å². The van der Waals surface area contributed by atoms with E-state index in [-0.39, 0.29) is 32.0 Å². The highest BCUT2D eigenvalue weighted by molar-refractivity contribution is 6.33. The van der Waals surface area contributed by atoms with Gasteiger partial charge in [-0.2, -0.15) is 0 Å². The Morgan fingerprint density at radius 1 is 1.23 bits per heavy atom. The van der Waals surface area contributed by atoms with Crippen molar-refractivity contribution >= 4 is 40.9 Å². The maximum atomic E-state index is 12.6. The van der Waals surface area contributed by atoms with Crippen LogP contribution in [0.25, 0.3) is 0 Å². The van der Waals surface area contributed by atoms with Crippen molar-refractivity contribution in [3.63, 3.8) is 0 Å². The third-order valence-corrected chi connectivity index (χ3v) is 4.86. The molecule has 2 aromatic carbocycles. The Labute approximate surface area is 183 Å². The zero-order valence-corrected chi connectivity index (χ0v) is 17.6. The quantitative estimate of drug-likeness (QED) is 0.408. The van der Waals surface area contributed by atoms with Crippen molar-refractivity contribution in [1.29, 1.82) is 0 Å². The lowest BCUT2D eigenvalue weighted by Crippen LogP contribution is -2.35. The van der Waals surface area contributed by atoms with Gasteiger partial charge < -0.3 is 19.5 Å². The van der Waals surface area contributed by atoms with Crippen molar-refractivity contribution in [3.05, 3.63) is 57.6 Å². The maximum Gasteiger partial charge on any atom is 0.396 e. The summed E-state index contributed by atoms with van der Waals surface area (Å²) in [7, 11) is 0. The minimum atomic E-state index is -0.953. The SMILES string of the molecule is CCOC(=O)C(=O)NCCOc1cc(Cl)ccc1C1CC(=O)c2cccc(Cl)c2O1. The van der Waals surface area contributed by atoms with Gasteiger partial charge in [-0.15, -0.1) is 0 Å². The van der Waals surface area contributed by atoms with E-state index in [4.69, 9.17) is 32.7 Å². The lowest BCUT2D eigenvalue weighted by atomic mass is 9.96. The number of halogens is 2. The van der Waals surface area contributed by atoms with Gasteiger partial charge in [0.15, 0.2) is 5.78 Å². The Morgan fingerprint density at radius 2 is 2.03 bits per heavy atom. The highest BCUT2D eigenvalue weighted by Crippen LogP contribution is 2.42. The number of carbonyl (C=O) groups excluding carboxylic acids is 3. The molecule has 0 bridgehead atoms. The molecule has 0 fully saturated rings. The first kappa shape index (κ1) is 21.9. The number of ketones is 1. The van der Waals surface area contributed by atoms with E-state index < -0.39 is 18.0 Å². The van der Waals surface area contributed by atoms with E-state index in [1.807, 2.05) is 0 Å². The summed E-state index contributed by atoms with van der Waals surface area (Å²) in [5, 5.41) is 3.19. The van der Waals surface area contributed by atoms with Crippen LogP contribution >= 0.6 is 23.2 Å². The van der Waals surface area contributed by atoms with Crippen LogP contribution < -0.4 is 14.8 Å². The Bertz CT molecular complexity index is 978. The van der Waals surface area contributed by atoms with E-state index in [2.05, 4.69) is 10.1 Å². The monoisotopic (exact) mass is 451 g/mol. The maximum absolute atomic E-state index is 12.6. The van der Waals surface area contributed by atoms with Crippen LogP contribution in [-0.2, 0) is 14.3 Å². The molecular weight excluding hydrogens is 433 g/mol. The number of para-hydroxylation sites is 1. The van der Waals surface area contributed by atoms with Crippen LogP contribution in [0.15, 0.2) is 36.4 Å². The number of nitrogens with one attached hydrogen (secondary N) is 1. The summed E-state index contributed by atoms with van der Waals surface area (Å²) < 4.78 is 16.3. The molecule has 2 aromatic rings. The van der Waals surface area contributed by atoms with Crippen molar-refractivity contribution in [3.8, 4) is 11.5 Å². The van der Waals surface area contributed by atoms with Crippen LogP contribution in [0, 0.1) is 0 Å². The third-order valence-electron chi connectivity index (χ3n) is 4.33. The smallest absolute Gasteiger partial charge is 0.396 e. The molecule has 0 aromatic heterocycles. The fraction of sp³-hybridized carbons (Fsp3) is 0.286. The highest BCUT2D eigenvalue weighted by Gasteiger charge is 2.31. The summed E-state index contributed by atoms with van der Waals surface area (Å²) in [6, 6.07) is 10.0. The lowest BCUT2D eigenvalue weighted by Gasteiger charge is -2.27. The second-order valence-electron chi connectivity index (χ2n) is 6.36. The molecule has 0 saturated carbocycles. The van der Waals surface area contributed by atoms with Crippen LogP contribution in [-0.4, -0.2) is 37.4 Å². The number of benzene rings is 2. The largest absolute Gasteiger partial charge is 0.491 e. The summed E-state index contributed by atoms with van der Waals surface area (Å²) in [4.78, 5) is 35.4. The molecule has 1 heterocycles. The van der Waals surface area contributed by atoms with Crippen molar-refractivity contribution < 1.29 is 28.6 Å². The molecule has 0 saturated heterocycles. The molecule has 0 radical (unpaired) electrons. The Balaban J connectivity index is 1.70. The molecule has 7 nitrogen and oxygen atoms in total. The molecule has 1 atom stereocenters. The van der Waals surface area contributed by atoms with Gasteiger partial charge in [-0.3, -0.25) is 9.59 Å². The number of hydrogen-bond donors (Lipinski definition) is 1. The fourth-order valence-electron chi connectivity index (χ4n) is 2.98. The van der Waals surface area contributed by atoms with Crippen molar-refractivity contribution in [2.75, 3.05) is 19.8 Å². The van der Waals surface area contributed by atoms with Gasteiger partial charge in [0.1, 0.15) is 24.2 Å². The van der Waals surface area contributed by atoms with E-state index in [1.165, 1.54) is 0 Å². The second-order valence-corrected chi connectivity index (χ2v) is 7.20. The van der Waals surface area contributed by atoms with Crippen molar-refractivity contribution in [1.82, 2.24) is 5.32 Å². The molecule has 1 N–H and O–H groups in total. The molecule has 3 rings (SSSR count). The van der Waals surface area contributed by atoms with Crippen LogP contribution in [0.2, 0.25) is 10.0 Å². The predicted molar refractivity (Wildman–Crippen MR) is 110 cm³/mol. The van der Waals surface area contributed by atoms with Gasteiger partial charge in [-0.1, -0.05) is 35.3 Å². The highest BCUT2D eigenvalue weighted by atomic mass is 35.5. The number of carbonyl (C=O) groups is 3. The lowest BCUT2D eigenvalue weighted by molar-refractivity contribution is -0.154.